The predicted octanol–water partition coefficient (Wildman–Crippen LogP) is 1.92. The van der Waals surface area contributed by atoms with Crippen LogP contribution in [0.15, 0.2) is 6.20 Å². The molecule has 0 unspecified atom stereocenters. The van der Waals surface area contributed by atoms with Crippen LogP contribution in [0.2, 0.25) is 0 Å². The fourth-order valence-corrected chi connectivity index (χ4v) is 4.18. The minimum Gasteiger partial charge on any atom is -0.467 e. The van der Waals surface area contributed by atoms with Crippen LogP contribution in [0.4, 0.5) is 0 Å². The Morgan fingerprint density at radius 2 is 2.00 bits per heavy atom. The van der Waals surface area contributed by atoms with Gasteiger partial charge in [0.15, 0.2) is 0 Å². The Hall–Kier alpha value is -2.45. The van der Waals surface area contributed by atoms with Crippen molar-refractivity contribution in [3.8, 4) is 0 Å². The number of carbonyl (C=O) groups excluding carboxylic acids is 3. The Morgan fingerprint density at radius 1 is 1.23 bits per heavy atom. The van der Waals surface area contributed by atoms with Crippen LogP contribution in [0, 0.1) is 11.3 Å². The van der Waals surface area contributed by atoms with E-state index in [9.17, 15) is 14.4 Å². The summed E-state index contributed by atoms with van der Waals surface area (Å²) in [5.41, 5.74) is 0.409. The number of nitrogens with zero attached hydrogens (tertiary/aromatic N) is 4. The van der Waals surface area contributed by atoms with Gasteiger partial charge in [-0.15, -0.1) is 5.10 Å². The zero-order valence-corrected chi connectivity index (χ0v) is 18.3. The summed E-state index contributed by atoms with van der Waals surface area (Å²) < 4.78 is 12.1. The SMILES string of the molecule is COC(=O)[C@@H]1C[C@@H]2CN1C(=O)[C@H](C(C)(C)C)CC(=O)OCCCCCc1cn2nn1. The van der Waals surface area contributed by atoms with E-state index in [-0.39, 0.29) is 24.3 Å². The number of cyclic esters (lactones) is 1. The molecular formula is C21H32N4O5. The normalized spacial score (nSPS) is 26.4. The van der Waals surface area contributed by atoms with Gasteiger partial charge in [0.25, 0.3) is 0 Å². The number of amides is 1. The lowest BCUT2D eigenvalue weighted by Crippen LogP contribution is -2.47. The van der Waals surface area contributed by atoms with Gasteiger partial charge in [0.1, 0.15) is 6.04 Å². The average Bonchev–Trinajstić information content (AvgIpc) is 3.33. The molecule has 1 fully saturated rings. The quantitative estimate of drug-likeness (QED) is 0.639. The molecule has 166 valence electrons. The molecule has 3 atom stereocenters. The number of esters is 2. The Kier molecular flexibility index (Phi) is 6.77. The van der Waals surface area contributed by atoms with E-state index < -0.39 is 23.3 Å². The number of carbonyl (C=O) groups is 3. The van der Waals surface area contributed by atoms with Crippen molar-refractivity contribution in [3.63, 3.8) is 0 Å². The van der Waals surface area contributed by atoms with Crippen molar-refractivity contribution in [2.45, 2.75) is 71.4 Å². The summed E-state index contributed by atoms with van der Waals surface area (Å²) in [5.74, 6) is -1.67. The van der Waals surface area contributed by atoms with Gasteiger partial charge in [0.05, 0.1) is 37.8 Å². The molecule has 1 aromatic rings. The van der Waals surface area contributed by atoms with Crippen molar-refractivity contribution < 1.29 is 23.9 Å². The summed E-state index contributed by atoms with van der Waals surface area (Å²) in [5, 5.41) is 8.49. The topological polar surface area (TPSA) is 104 Å². The van der Waals surface area contributed by atoms with E-state index in [0.29, 0.717) is 19.6 Å². The molecule has 4 bridgehead atoms. The molecule has 30 heavy (non-hydrogen) atoms. The zero-order valence-electron chi connectivity index (χ0n) is 18.3. The molecule has 0 N–H and O–H groups in total. The minimum atomic E-state index is -0.711. The molecule has 0 spiro atoms. The first-order chi connectivity index (χ1) is 14.2. The number of fused-ring (bicyclic) bond motifs is 5. The summed E-state index contributed by atoms with van der Waals surface area (Å²) >= 11 is 0. The molecule has 3 rings (SSSR count). The second kappa shape index (κ2) is 9.14. The van der Waals surface area contributed by atoms with Crippen LogP contribution < -0.4 is 0 Å². The van der Waals surface area contributed by atoms with Crippen molar-refractivity contribution in [2.75, 3.05) is 20.3 Å². The number of aromatic nitrogens is 3. The maximum Gasteiger partial charge on any atom is 0.328 e. The largest absolute Gasteiger partial charge is 0.467 e. The maximum atomic E-state index is 13.5. The van der Waals surface area contributed by atoms with Crippen LogP contribution in [0.5, 0.6) is 0 Å². The summed E-state index contributed by atoms with van der Waals surface area (Å²) in [7, 11) is 1.32. The second-order valence-electron chi connectivity index (χ2n) is 9.26. The molecular weight excluding hydrogens is 388 g/mol. The van der Waals surface area contributed by atoms with Gasteiger partial charge in [-0.3, -0.25) is 9.59 Å². The molecule has 1 aromatic heterocycles. The smallest absolute Gasteiger partial charge is 0.328 e. The zero-order chi connectivity index (χ0) is 21.9. The highest BCUT2D eigenvalue weighted by atomic mass is 16.5. The molecule has 2 aliphatic rings. The maximum absolute atomic E-state index is 13.5. The van der Waals surface area contributed by atoms with Gasteiger partial charge in [-0.25, -0.2) is 9.48 Å². The van der Waals surface area contributed by atoms with Gasteiger partial charge in [-0.1, -0.05) is 26.0 Å². The molecule has 9 heteroatoms. The van der Waals surface area contributed by atoms with E-state index in [1.807, 2.05) is 27.0 Å². The number of aryl methyl sites for hydroxylation is 1. The highest BCUT2D eigenvalue weighted by Crippen LogP contribution is 2.36. The molecule has 0 aromatic carbocycles. The summed E-state index contributed by atoms with van der Waals surface area (Å²) in [6.07, 6.45) is 5.71. The van der Waals surface area contributed by atoms with Crippen LogP contribution in [0.3, 0.4) is 0 Å². The van der Waals surface area contributed by atoms with Gasteiger partial charge in [-0.2, -0.15) is 0 Å². The Balaban J connectivity index is 1.93. The average molecular weight is 421 g/mol. The molecule has 1 amide bonds. The third-order valence-corrected chi connectivity index (χ3v) is 6.02. The van der Waals surface area contributed by atoms with Crippen molar-refractivity contribution in [1.82, 2.24) is 19.9 Å². The van der Waals surface area contributed by atoms with E-state index in [1.54, 1.807) is 9.58 Å². The van der Waals surface area contributed by atoms with E-state index in [1.165, 1.54) is 7.11 Å². The fourth-order valence-electron chi connectivity index (χ4n) is 4.18. The highest BCUT2D eigenvalue weighted by molar-refractivity contribution is 5.89. The third kappa shape index (κ3) is 4.99. The number of ether oxygens (including phenoxy) is 2. The summed E-state index contributed by atoms with van der Waals surface area (Å²) in [6.45, 7) is 6.43. The monoisotopic (exact) mass is 420 g/mol. The molecule has 0 radical (unpaired) electrons. The highest BCUT2D eigenvalue weighted by Gasteiger charge is 2.46. The van der Waals surface area contributed by atoms with Gasteiger partial charge in [0, 0.05) is 19.2 Å². The summed E-state index contributed by atoms with van der Waals surface area (Å²) in [4.78, 5) is 40.0. The Bertz CT molecular complexity index is 785. The van der Waals surface area contributed by atoms with Gasteiger partial charge in [0.2, 0.25) is 5.91 Å². The van der Waals surface area contributed by atoms with E-state index >= 15 is 0 Å². The number of hydrogen-bond acceptors (Lipinski definition) is 7. The van der Waals surface area contributed by atoms with E-state index in [2.05, 4.69) is 10.3 Å². The van der Waals surface area contributed by atoms with E-state index in [0.717, 1.165) is 31.4 Å². The van der Waals surface area contributed by atoms with Crippen LogP contribution >= 0.6 is 0 Å². The Labute approximate surface area is 177 Å². The molecule has 0 aliphatic carbocycles. The lowest BCUT2D eigenvalue weighted by atomic mass is 9.77. The molecule has 9 nitrogen and oxygen atoms in total. The number of hydrogen-bond donors (Lipinski definition) is 0. The minimum absolute atomic E-state index is 0.00906. The second-order valence-corrected chi connectivity index (χ2v) is 9.26. The lowest BCUT2D eigenvalue weighted by Gasteiger charge is -2.34. The predicted molar refractivity (Wildman–Crippen MR) is 107 cm³/mol. The van der Waals surface area contributed by atoms with Crippen LogP contribution in [0.25, 0.3) is 0 Å². The van der Waals surface area contributed by atoms with Crippen LogP contribution in [-0.4, -0.2) is 64.0 Å². The van der Waals surface area contributed by atoms with Gasteiger partial charge >= 0.3 is 11.9 Å². The van der Waals surface area contributed by atoms with Crippen LogP contribution in [0.1, 0.15) is 64.6 Å². The standard InChI is InChI=1S/C21H32N4O5/c1-21(2,3)16-11-18(26)30-9-7-5-6-8-14-12-25(23-22-14)15-10-17(20(28)29-4)24(13-15)19(16)27/h12,15-17H,5-11,13H2,1-4H3/t15-,16-,17+/m1/s1. The number of methoxy groups -OCH3 is 1. The Morgan fingerprint density at radius 3 is 2.70 bits per heavy atom. The first-order valence-corrected chi connectivity index (χ1v) is 10.7. The van der Waals surface area contributed by atoms with Crippen molar-refractivity contribution in [2.24, 2.45) is 11.3 Å². The number of rotatable bonds is 1. The fraction of sp³-hybridized carbons (Fsp3) is 0.762. The van der Waals surface area contributed by atoms with Crippen molar-refractivity contribution in [3.05, 3.63) is 11.9 Å². The molecule has 3 heterocycles. The lowest BCUT2D eigenvalue weighted by molar-refractivity contribution is -0.157. The van der Waals surface area contributed by atoms with Crippen molar-refractivity contribution >= 4 is 17.8 Å². The van der Waals surface area contributed by atoms with Gasteiger partial charge in [-0.05, 0) is 31.1 Å². The third-order valence-electron chi connectivity index (χ3n) is 6.02. The van der Waals surface area contributed by atoms with Gasteiger partial charge < -0.3 is 14.4 Å². The van der Waals surface area contributed by atoms with Crippen molar-refractivity contribution in [1.29, 1.82) is 0 Å². The molecule has 0 saturated carbocycles. The first-order valence-electron chi connectivity index (χ1n) is 10.7. The van der Waals surface area contributed by atoms with E-state index in [4.69, 9.17) is 9.47 Å². The van der Waals surface area contributed by atoms with Crippen LogP contribution in [-0.2, 0) is 30.3 Å². The molecule has 1 saturated heterocycles. The first kappa shape index (κ1) is 22.2. The summed E-state index contributed by atoms with van der Waals surface area (Å²) in [6, 6.07) is -0.878. The molecule has 2 aliphatic heterocycles.